The first-order chi connectivity index (χ1) is 9.19. The first-order valence-electron chi connectivity index (χ1n) is 5.49. The van der Waals surface area contributed by atoms with Crippen molar-refractivity contribution < 1.29 is 24.1 Å². The molecule has 0 unspecified atom stereocenters. The number of para-hydroxylation sites is 1. The Morgan fingerprint density at radius 2 is 2.21 bits per heavy atom. The third kappa shape index (κ3) is 2.38. The largest absolute Gasteiger partial charge is 0.504 e. The van der Waals surface area contributed by atoms with Crippen molar-refractivity contribution in [1.82, 2.24) is 0 Å². The lowest BCUT2D eigenvalue weighted by molar-refractivity contribution is 0.201. The van der Waals surface area contributed by atoms with Crippen molar-refractivity contribution in [3.63, 3.8) is 0 Å². The van der Waals surface area contributed by atoms with Gasteiger partial charge in [0.25, 0.3) is 5.75 Å². The van der Waals surface area contributed by atoms with Crippen LogP contribution in [0.5, 0.6) is 17.2 Å². The fraction of sp³-hybridized carbons (Fsp3) is 0.154. The molecule has 0 bridgehead atoms. The van der Waals surface area contributed by atoms with Gasteiger partial charge in [0, 0.05) is 0 Å². The van der Waals surface area contributed by atoms with Crippen LogP contribution >= 0.6 is 0 Å². The average Bonchev–Trinajstić information content (AvgIpc) is 2.41. The molecule has 2 aromatic rings. The summed E-state index contributed by atoms with van der Waals surface area (Å²) in [6.07, 6.45) is 1.02. The number of hydrogen-bond acceptors (Lipinski definition) is 6. The van der Waals surface area contributed by atoms with E-state index < -0.39 is 5.63 Å². The minimum Gasteiger partial charge on any atom is -0.504 e. The summed E-state index contributed by atoms with van der Waals surface area (Å²) in [6.45, 7) is 3.18. The maximum absolute atomic E-state index is 11.7. The predicted octanol–water partition coefficient (Wildman–Crippen LogP) is 1.39. The van der Waals surface area contributed by atoms with Gasteiger partial charge >= 0.3 is 5.63 Å². The van der Waals surface area contributed by atoms with Crippen molar-refractivity contribution in [2.75, 3.05) is 13.2 Å². The molecule has 1 aromatic carbocycles. The minimum atomic E-state index is -0.843. The van der Waals surface area contributed by atoms with Gasteiger partial charge in [-0.05, 0) is 12.1 Å². The number of aliphatic hydroxyl groups excluding tert-OH is 1. The molecule has 0 amide bonds. The van der Waals surface area contributed by atoms with Gasteiger partial charge < -0.3 is 24.1 Å². The van der Waals surface area contributed by atoms with E-state index in [0.29, 0.717) is 0 Å². The van der Waals surface area contributed by atoms with E-state index in [4.69, 9.17) is 19.0 Å². The molecular weight excluding hydrogens is 252 g/mol. The molecule has 2 N–H and O–H groups in total. The molecule has 6 heteroatoms. The van der Waals surface area contributed by atoms with Crippen LogP contribution < -0.4 is 15.1 Å². The molecule has 0 spiro atoms. The highest BCUT2D eigenvalue weighted by Crippen LogP contribution is 2.35. The molecule has 0 aliphatic carbocycles. The second kappa shape index (κ2) is 5.45. The van der Waals surface area contributed by atoms with E-state index in [1.165, 1.54) is 0 Å². The Labute approximate surface area is 108 Å². The van der Waals surface area contributed by atoms with Crippen LogP contribution in [0.3, 0.4) is 0 Å². The Morgan fingerprint density at radius 1 is 1.42 bits per heavy atom. The van der Waals surface area contributed by atoms with Crippen LogP contribution in [0.25, 0.3) is 11.0 Å². The summed E-state index contributed by atoms with van der Waals surface area (Å²) in [5.74, 6) is -0.425. The average molecular weight is 264 g/mol. The van der Waals surface area contributed by atoms with Crippen molar-refractivity contribution in [2.45, 2.75) is 0 Å². The second-order valence-corrected chi connectivity index (χ2v) is 3.56. The molecule has 0 saturated heterocycles. The maximum atomic E-state index is 11.7. The first kappa shape index (κ1) is 13.0. The van der Waals surface area contributed by atoms with Gasteiger partial charge in [0.2, 0.25) is 0 Å². The molecule has 0 fully saturated rings. The van der Waals surface area contributed by atoms with Crippen LogP contribution in [0.1, 0.15) is 0 Å². The summed E-state index contributed by atoms with van der Waals surface area (Å²) in [5.41, 5.74) is -0.750. The molecule has 100 valence electrons. The molecule has 0 aliphatic rings. The second-order valence-electron chi connectivity index (χ2n) is 3.56. The summed E-state index contributed by atoms with van der Waals surface area (Å²) < 4.78 is 15.1. The number of rotatable bonds is 5. The number of fused-ring (bicyclic) bond motifs is 1. The van der Waals surface area contributed by atoms with Gasteiger partial charge in [-0.15, -0.1) is 0 Å². The molecule has 1 aromatic heterocycles. The van der Waals surface area contributed by atoms with Crippen molar-refractivity contribution in [2.24, 2.45) is 0 Å². The number of ether oxygens (including phenoxy) is 2. The van der Waals surface area contributed by atoms with E-state index in [2.05, 4.69) is 6.58 Å². The lowest BCUT2D eigenvalue weighted by Crippen LogP contribution is -2.06. The molecule has 0 atom stereocenters. The smallest absolute Gasteiger partial charge is 0.383 e. The lowest BCUT2D eigenvalue weighted by atomic mass is 10.2. The Hall–Kier alpha value is -2.47. The van der Waals surface area contributed by atoms with Crippen molar-refractivity contribution >= 4 is 11.0 Å². The highest BCUT2D eigenvalue weighted by molar-refractivity contribution is 5.89. The topological polar surface area (TPSA) is 89.1 Å². The number of hydrogen-bond donors (Lipinski definition) is 2. The zero-order valence-corrected chi connectivity index (χ0v) is 9.96. The minimum absolute atomic E-state index is 0.0501. The van der Waals surface area contributed by atoms with Crippen LogP contribution in [0.15, 0.2) is 40.3 Å². The van der Waals surface area contributed by atoms with Crippen molar-refractivity contribution in [3.8, 4) is 17.2 Å². The fourth-order valence-corrected chi connectivity index (χ4v) is 1.62. The monoisotopic (exact) mass is 264 g/mol. The fourth-order valence-electron chi connectivity index (χ4n) is 1.62. The number of aliphatic hydroxyl groups is 1. The zero-order valence-electron chi connectivity index (χ0n) is 9.96. The van der Waals surface area contributed by atoms with E-state index in [9.17, 15) is 9.90 Å². The van der Waals surface area contributed by atoms with Crippen LogP contribution in [-0.2, 0) is 0 Å². The van der Waals surface area contributed by atoms with Gasteiger partial charge in [-0.25, -0.2) is 4.79 Å². The van der Waals surface area contributed by atoms with Gasteiger partial charge in [-0.2, -0.15) is 0 Å². The van der Waals surface area contributed by atoms with Crippen molar-refractivity contribution in [1.29, 1.82) is 0 Å². The van der Waals surface area contributed by atoms with Gasteiger partial charge in [-0.3, -0.25) is 0 Å². The zero-order chi connectivity index (χ0) is 13.8. The molecular formula is C13H12O6. The van der Waals surface area contributed by atoms with E-state index in [-0.39, 0.29) is 41.4 Å². The Kier molecular flexibility index (Phi) is 3.72. The first-order valence-corrected chi connectivity index (χ1v) is 5.49. The summed E-state index contributed by atoms with van der Waals surface area (Å²) >= 11 is 0. The molecule has 0 radical (unpaired) electrons. The van der Waals surface area contributed by atoms with Crippen LogP contribution in [0.4, 0.5) is 0 Å². The molecule has 2 rings (SSSR count). The van der Waals surface area contributed by atoms with Gasteiger partial charge in [-0.1, -0.05) is 12.6 Å². The van der Waals surface area contributed by atoms with Gasteiger partial charge in [0.05, 0.1) is 18.3 Å². The predicted molar refractivity (Wildman–Crippen MR) is 67.6 cm³/mol. The van der Waals surface area contributed by atoms with E-state index in [0.717, 1.165) is 6.26 Å². The molecule has 6 nitrogen and oxygen atoms in total. The maximum Gasteiger partial charge on any atom is 0.383 e. The van der Waals surface area contributed by atoms with Gasteiger partial charge in [0.1, 0.15) is 6.61 Å². The number of benzene rings is 1. The summed E-state index contributed by atoms with van der Waals surface area (Å²) in [6, 6.07) is 4.73. The van der Waals surface area contributed by atoms with Crippen LogP contribution in [0, 0.1) is 0 Å². The quantitative estimate of drug-likeness (QED) is 0.626. The Bertz CT molecular complexity index is 658. The van der Waals surface area contributed by atoms with Gasteiger partial charge in [0.15, 0.2) is 17.1 Å². The summed E-state index contributed by atoms with van der Waals surface area (Å²) in [4.78, 5) is 11.7. The third-order valence-corrected chi connectivity index (χ3v) is 2.38. The SMILES string of the molecule is C=COc1c(O)c2cccc(OCCO)c2oc1=O. The molecule has 1 heterocycles. The highest BCUT2D eigenvalue weighted by atomic mass is 16.5. The number of aromatic hydroxyl groups is 1. The normalized spacial score (nSPS) is 10.4. The summed E-state index contributed by atoms with van der Waals surface area (Å²) in [5, 5.41) is 19.0. The molecule has 0 aliphatic heterocycles. The Balaban J connectivity index is 2.65. The standard InChI is InChI=1S/C13H12O6/c1-2-17-12-10(15)8-4-3-5-9(18-7-6-14)11(8)19-13(12)16/h2-5,14-15H,1,6-7H2. The van der Waals surface area contributed by atoms with Crippen LogP contribution in [0.2, 0.25) is 0 Å². The highest BCUT2D eigenvalue weighted by Gasteiger charge is 2.17. The van der Waals surface area contributed by atoms with E-state index in [1.54, 1.807) is 18.2 Å². The molecule has 0 saturated carbocycles. The summed E-state index contributed by atoms with van der Waals surface area (Å²) in [7, 11) is 0. The lowest BCUT2D eigenvalue weighted by Gasteiger charge is -2.09. The van der Waals surface area contributed by atoms with Crippen LogP contribution in [-0.4, -0.2) is 23.4 Å². The third-order valence-electron chi connectivity index (χ3n) is 2.38. The Morgan fingerprint density at radius 3 is 2.89 bits per heavy atom. The van der Waals surface area contributed by atoms with E-state index >= 15 is 0 Å². The van der Waals surface area contributed by atoms with E-state index in [1.807, 2.05) is 0 Å². The van der Waals surface area contributed by atoms with Crippen molar-refractivity contribution in [3.05, 3.63) is 41.5 Å². The molecule has 19 heavy (non-hydrogen) atoms.